The molecule has 3 aromatic rings. The van der Waals surface area contributed by atoms with Crippen LogP contribution in [0, 0.1) is 13.8 Å². The van der Waals surface area contributed by atoms with Crippen LogP contribution in [0.15, 0.2) is 27.9 Å². The van der Waals surface area contributed by atoms with Crippen molar-refractivity contribution in [3.05, 3.63) is 40.1 Å². The largest absolute Gasteiger partial charge is 0.493 e. The highest BCUT2D eigenvalue weighted by Gasteiger charge is 2.29. The number of piperazine rings is 1. The van der Waals surface area contributed by atoms with Crippen LogP contribution in [0.2, 0.25) is 0 Å². The van der Waals surface area contributed by atoms with Crippen molar-refractivity contribution in [2.75, 3.05) is 39.3 Å². The summed E-state index contributed by atoms with van der Waals surface area (Å²) in [6.07, 6.45) is 0. The monoisotopic (exact) mass is 465 g/mol. The number of likely N-dealkylation sites (N-methyl/N-ethyl adjacent to an activating group) is 1. The molecule has 0 bridgehead atoms. The fourth-order valence-electron chi connectivity index (χ4n) is 3.78. The van der Waals surface area contributed by atoms with Gasteiger partial charge in [0.05, 0.1) is 22.8 Å². The molecule has 1 saturated heterocycles. The van der Waals surface area contributed by atoms with E-state index in [9.17, 15) is 13.2 Å². The SMILES string of the molecule is [2H]C([2H])([2H])C([2H])([2H])N1CCN(S(=O)(=O)c2ccc(OCC)c(-c3nn4c(C)nc(C)c4c(=O)[nH]3)c2)CC1. The lowest BCUT2D eigenvalue weighted by Gasteiger charge is -2.33. The molecule has 0 saturated carbocycles. The Labute approximate surface area is 193 Å². The summed E-state index contributed by atoms with van der Waals surface area (Å²) in [5.41, 5.74) is 0.641. The van der Waals surface area contributed by atoms with Crippen molar-refractivity contribution in [2.45, 2.75) is 32.5 Å². The quantitative estimate of drug-likeness (QED) is 0.586. The number of nitrogens with zero attached hydrogens (tertiary/aromatic N) is 5. The summed E-state index contributed by atoms with van der Waals surface area (Å²) in [7, 11) is -4.04. The van der Waals surface area contributed by atoms with E-state index in [-0.39, 0.29) is 48.0 Å². The molecule has 0 aliphatic carbocycles. The molecule has 0 radical (unpaired) electrons. The van der Waals surface area contributed by atoms with E-state index in [2.05, 4.69) is 15.1 Å². The van der Waals surface area contributed by atoms with Crippen LogP contribution >= 0.6 is 0 Å². The van der Waals surface area contributed by atoms with E-state index in [1.165, 1.54) is 27.0 Å². The molecule has 1 aliphatic heterocycles. The Morgan fingerprint density at radius 1 is 1.25 bits per heavy atom. The molecule has 4 rings (SSSR count). The van der Waals surface area contributed by atoms with Gasteiger partial charge in [0.2, 0.25) is 10.0 Å². The summed E-state index contributed by atoms with van der Waals surface area (Å²) in [4.78, 5) is 20.8. The number of aromatic amines is 1. The number of aromatic nitrogens is 4. The second-order valence-corrected chi connectivity index (χ2v) is 9.34. The van der Waals surface area contributed by atoms with Gasteiger partial charge in [0.25, 0.3) is 5.56 Å². The Bertz CT molecular complexity index is 1490. The molecule has 1 aromatic carbocycles. The number of hydrogen-bond acceptors (Lipinski definition) is 7. The van der Waals surface area contributed by atoms with Gasteiger partial charge < -0.3 is 14.6 Å². The number of hydrogen-bond donors (Lipinski definition) is 1. The number of nitrogens with one attached hydrogen (secondary N) is 1. The highest BCUT2D eigenvalue weighted by Crippen LogP contribution is 2.31. The molecule has 0 spiro atoms. The topological polar surface area (TPSA) is 113 Å². The van der Waals surface area contributed by atoms with Gasteiger partial charge in [-0.2, -0.15) is 4.31 Å². The number of H-pyrrole nitrogens is 1. The molecule has 11 heteroatoms. The number of rotatable bonds is 6. The predicted octanol–water partition coefficient (Wildman–Crippen LogP) is 1.43. The Balaban J connectivity index is 1.70. The molecular weight excluding hydrogens is 432 g/mol. The van der Waals surface area contributed by atoms with Crippen LogP contribution in [0.5, 0.6) is 5.75 Å². The molecule has 1 aliphatic rings. The lowest BCUT2D eigenvalue weighted by atomic mass is 10.2. The lowest BCUT2D eigenvalue weighted by molar-refractivity contribution is 0.196. The number of imidazole rings is 1. The number of aryl methyl sites for hydroxylation is 2. The summed E-state index contributed by atoms with van der Waals surface area (Å²) in [6.45, 7) is -0.320. The zero-order valence-corrected chi connectivity index (χ0v) is 18.9. The third kappa shape index (κ3) is 3.91. The third-order valence-electron chi connectivity index (χ3n) is 5.38. The molecule has 2 aromatic heterocycles. The molecule has 0 atom stereocenters. The maximum Gasteiger partial charge on any atom is 0.277 e. The van der Waals surface area contributed by atoms with E-state index in [1.54, 1.807) is 20.8 Å². The Morgan fingerprint density at radius 3 is 2.69 bits per heavy atom. The Morgan fingerprint density at radius 2 is 2.00 bits per heavy atom. The van der Waals surface area contributed by atoms with Crippen LogP contribution < -0.4 is 10.3 Å². The molecule has 32 heavy (non-hydrogen) atoms. The predicted molar refractivity (Wildman–Crippen MR) is 121 cm³/mol. The van der Waals surface area contributed by atoms with Crippen molar-refractivity contribution in [3.8, 4) is 17.1 Å². The summed E-state index contributed by atoms with van der Waals surface area (Å²) in [5.74, 6) is 0.930. The van der Waals surface area contributed by atoms with Crippen molar-refractivity contribution < 1.29 is 20.0 Å². The van der Waals surface area contributed by atoms with Crippen molar-refractivity contribution >= 4 is 15.5 Å². The molecule has 3 heterocycles. The van der Waals surface area contributed by atoms with Crippen LogP contribution in [0.4, 0.5) is 0 Å². The van der Waals surface area contributed by atoms with Crippen LogP contribution in [0.3, 0.4) is 0 Å². The number of benzene rings is 1. The first-order chi connectivity index (χ1) is 17.2. The second kappa shape index (κ2) is 8.64. The first-order valence-electron chi connectivity index (χ1n) is 12.7. The van der Waals surface area contributed by atoms with Gasteiger partial charge in [0.1, 0.15) is 11.6 Å². The van der Waals surface area contributed by atoms with Crippen LogP contribution in [0.25, 0.3) is 16.9 Å². The number of fused-ring (bicyclic) bond motifs is 1. The fourth-order valence-corrected chi connectivity index (χ4v) is 5.23. The van der Waals surface area contributed by atoms with E-state index in [4.69, 9.17) is 11.6 Å². The zero-order chi connectivity index (χ0) is 27.3. The molecule has 0 amide bonds. The van der Waals surface area contributed by atoms with Gasteiger partial charge in [-0.3, -0.25) is 4.79 Å². The maximum atomic E-state index is 13.5. The average molecular weight is 466 g/mol. The van der Waals surface area contributed by atoms with Gasteiger partial charge in [-0.15, -0.1) is 5.10 Å². The summed E-state index contributed by atoms with van der Waals surface area (Å²) >= 11 is 0. The minimum Gasteiger partial charge on any atom is -0.493 e. The molecule has 0 unspecified atom stereocenters. The third-order valence-corrected chi connectivity index (χ3v) is 7.27. The normalized spacial score (nSPS) is 19.2. The Hall–Kier alpha value is -2.76. The summed E-state index contributed by atoms with van der Waals surface area (Å²) in [5, 5.41) is 4.47. The smallest absolute Gasteiger partial charge is 0.277 e. The number of sulfonamides is 1. The highest BCUT2D eigenvalue weighted by molar-refractivity contribution is 7.89. The summed E-state index contributed by atoms with van der Waals surface area (Å²) < 4.78 is 73.5. The molecule has 1 N–H and O–H groups in total. The van der Waals surface area contributed by atoms with Crippen molar-refractivity contribution in [3.63, 3.8) is 0 Å². The van der Waals surface area contributed by atoms with Gasteiger partial charge >= 0.3 is 0 Å². The first kappa shape index (κ1) is 16.8. The average Bonchev–Trinajstić information content (AvgIpc) is 3.12. The molecule has 172 valence electrons. The van der Waals surface area contributed by atoms with E-state index in [0.717, 1.165) is 4.90 Å². The Kier molecular flexibility index (Phi) is 4.54. The van der Waals surface area contributed by atoms with Crippen LogP contribution in [-0.2, 0) is 10.0 Å². The van der Waals surface area contributed by atoms with E-state index in [0.29, 0.717) is 23.9 Å². The second-order valence-electron chi connectivity index (χ2n) is 7.40. The van der Waals surface area contributed by atoms with Gasteiger partial charge in [-0.1, -0.05) is 6.85 Å². The lowest BCUT2D eigenvalue weighted by Crippen LogP contribution is -2.48. The minimum absolute atomic E-state index is 0.0699. The maximum absolute atomic E-state index is 13.5. The van der Waals surface area contributed by atoms with Crippen LogP contribution in [-0.4, -0.2) is 76.5 Å². The minimum atomic E-state index is -4.04. The summed E-state index contributed by atoms with van der Waals surface area (Å²) in [6, 6.07) is 4.25. The number of ether oxygens (including phenoxy) is 1. The zero-order valence-electron chi connectivity index (χ0n) is 23.0. The van der Waals surface area contributed by atoms with Gasteiger partial charge in [-0.25, -0.2) is 17.9 Å². The van der Waals surface area contributed by atoms with Crippen LogP contribution in [0.1, 0.15) is 32.1 Å². The molecular formula is C21H28N6O4S. The van der Waals surface area contributed by atoms with Crippen molar-refractivity contribution in [2.24, 2.45) is 0 Å². The van der Waals surface area contributed by atoms with Crippen molar-refractivity contribution in [1.29, 1.82) is 0 Å². The van der Waals surface area contributed by atoms with Gasteiger partial charge in [0.15, 0.2) is 11.3 Å². The van der Waals surface area contributed by atoms with E-state index >= 15 is 0 Å². The fraction of sp³-hybridized carbons (Fsp3) is 0.476. The molecule has 10 nitrogen and oxygen atoms in total. The van der Waals surface area contributed by atoms with E-state index in [1.807, 2.05) is 0 Å². The first-order valence-corrected chi connectivity index (χ1v) is 11.6. The van der Waals surface area contributed by atoms with E-state index < -0.39 is 28.9 Å². The van der Waals surface area contributed by atoms with Crippen molar-refractivity contribution in [1.82, 2.24) is 28.8 Å². The standard InChI is InChI=1S/C21H28N6O4S/c1-5-25-9-11-26(12-10-25)32(29,30)16-7-8-18(31-6-2)17(13-16)20-23-21(28)19-14(3)22-15(4)27(19)24-20/h7-8,13H,5-6,9-12H2,1-4H3,(H,23,24,28)/i1D3,5D2. The van der Waals surface area contributed by atoms with Gasteiger partial charge in [-0.05, 0) is 45.5 Å². The highest BCUT2D eigenvalue weighted by atomic mass is 32.2. The van der Waals surface area contributed by atoms with Gasteiger partial charge in [0, 0.05) is 33.0 Å². The molecule has 1 fully saturated rings.